The van der Waals surface area contributed by atoms with Crippen LogP contribution in [0.2, 0.25) is 0 Å². The second-order valence-corrected chi connectivity index (χ2v) is 5.91. The van der Waals surface area contributed by atoms with Crippen LogP contribution in [0.15, 0.2) is 76.3 Å². The average Bonchev–Trinajstić information content (AvgIpc) is 3.18. The smallest absolute Gasteiger partial charge is 0.267 e. The van der Waals surface area contributed by atoms with E-state index < -0.39 is 11.6 Å². The Labute approximate surface area is 152 Å². The first-order chi connectivity index (χ1) is 13.1. The molecule has 5 nitrogen and oxygen atoms in total. The van der Waals surface area contributed by atoms with Crippen molar-refractivity contribution in [1.29, 1.82) is 0 Å². The number of halogens is 2. The molecule has 4 rings (SSSR count). The fourth-order valence-electron chi connectivity index (χ4n) is 2.76. The summed E-state index contributed by atoms with van der Waals surface area (Å²) in [7, 11) is 0. The summed E-state index contributed by atoms with van der Waals surface area (Å²) in [5, 5.41) is 4.24. The molecule has 0 aliphatic carbocycles. The van der Waals surface area contributed by atoms with Gasteiger partial charge in [0.05, 0.1) is 18.4 Å². The van der Waals surface area contributed by atoms with Crippen molar-refractivity contribution in [1.82, 2.24) is 14.8 Å². The van der Waals surface area contributed by atoms with E-state index in [1.54, 1.807) is 6.20 Å². The summed E-state index contributed by atoms with van der Waals surface area (Å²) in [5.74, 6) is -0.937. The monoisotopic (exact) mass is 365 g/mol. The summed E-state index contributed by atoms with van der Waals surface area (Å²) < 4.78 is 33.5. The first kappa shape index (κ1) is 16.8. The van der Waals surface area contributed by atoms with Gasteiger partial charge in [-0.1, -0.05) is 12.1 Å². The predicted molar refractivity (Wildman–Crippen MR) is 94.9 cm³/mol. The van der Waals surface area contributed by atoms with Gasteiger partial charge in [-0.15, -0.1) is 0 Å². The van der Waals surface area contributed by atoms with Gasteiger partial charge in [-0.2, -0.15) is 5.10 Å². The fraction of sp³-hybridized carbons (Fsp3) is 0.0500. The van der Waals surface area contributed by atoms with Gasteiger partial charge in [-0.3, -0.25) is 4.79 Å². The Balaban J connectivity index is 1.69. The molecular formula is C20H13F2N3O2. The van der Waals surface area contributed by atoms with Gasteiger partial charge in [0, 0.05) is 23.3 Å². The molecule has 0 amide bonds. The number of hydrogen-bond donors (Lipinski definition) is 0. The largest absolute Gasteiger partial charge is 0.445 e. The molecule has 0 aliphatic heterocycles. The third-order valence-corrected chi connectivity index (χ3v) is 3.96. The normalized spacial score (nSPS) is 10.9. The molecule has 2 aromatic carbocycles. The van der Waals surface area contributed by atoms with E-state index in [2.05, 4.69) is 10.1 Å². The summed E-state index contributed by atoms with van der Waals surface area (Å²) in [4.78, 5) is 16.3. The highest BCUT2D eigenvalue weighted by molar-refractivity contribution is 5.58. The number of aromatic nitrogens is 3. The topological polar surface area (TPSA) is 60.9 Å². The van der Waals surface area contributed by atoms with Crippen LogP contribution in [0.25, 0.3) is 22.7 Å². The molecule has 0 bridgehead atoms. The standard InChI is InChI=1S/C20H13F2N3O2/c21-16-9-15(10-17(22)11-16)18-4-5-19(26)25(24-18)12-13-2-1-3-14(8-13)20-23-6-7-27-20/h1-11H,12H2. The van der Waals surface area contributed by atoms with Crippen LogP contribution in [0.3, 0.4) is 0 Å². The van der Waals surface area contributed by atoms with E-state index in [-0.39, 0.29) is 17.7 Å². The molecule has 0 atom stereocenters. The van der Waals surface area contributed by atoms with Crippen molar-refractivity contribution in [3.8, 4) is 22.7 Å². The molecule has 27 heavy (non-hydrogen) atoms. The Kier molecular flexibility index (Phi) is 4.33. The molecule has 0 fully saturated rings. The van der Waals surface area contributed by atoms with Crippen molar-refractivity contribution in [2.45, 2.75) is 6.54 Å². The zero-order valence-electron chi connectivity index (χ0n) is 14.0. The summed E-state index contributed by atoms with van der Waals surface area (Å²) in [6.07, 6.45) is 3.03. The van der Waals surface area contributed by atoms with Gasteiger partial charge in [0.25, 0.3) is 5.56 Å². The Morgan fingerprint density at radius 1 is 0.963 bits per heavy atom. The molecule has 0 N–H and O–H groups in total. The van der Waals surface area contributed by atoms with Crippen molar-refractivity contribution in [3.05, 3.63) is 94.6 Å². The van der Waals surface area contributed by atoms with E-state index in [4.69, 9.17) is 4.42 Å². The van der Waals surface area contributed by atoms with E-state index in [1.165, 1.54) is 35.2 Å². The van der Waals surface area contributed by atoms with Crippen LogP contribution in [0, 0.1) is 11.6 Å². The minimum Gasteiger partial charge on any atom is -0.445 e. The number of benzene rings is 2. The van der Waals surface area contributed by atoms with Gasteiger partial charge in [0.2, 0.25) is 5.89 Å². The molecule has 0 spiro atoms. The molecular weight excluding hydrogens is 352 g/mol. The van der Waals surface area contributed by atoms with Crippen LogP contribution in [0.1, 0.15) is 5.56 Å². The van der Waals surface area contributed by atoms with Gasteiger partial charge < -0.3 is 4.42 Å². The highest BCUT2D eigenvalue weighted by Gasteiger charge is 2.09. The van der Waals surface area contributed by atoms with Crippen molar-refractivity contribution in [2.24, 2.45) is 0 Å². The first-order valence-electron chi connectivity index (χ1n) is 8.12. The lowest BCUT2D eigenvalue weighted by atomic mass is 10.1. The maximum atomic E-state index is 13.5. The number of hydrogen-bond acceptors (Lipinski definition) is 4. The Hall–Kier alpha value is -3.61. The lowest BCUT2D eigenvalue weighted by Gasteiger charge is -2.08. The van der Waals surface area contributed by atoms with Gasteiger partial charge in [-0.25, -0.2) is 18.4 Å². The average molecular weight is 365 g/mol. The maximum absolute atomic E-state index is 13.5. The second kappa shape index (κ2) is 6.95. The lowest BCUT2D eigenvalue weighted by Crippen LogP contribution is -2.22. The number of rotatable bonds is 4. The fourth-order valence-corrected chi connectivity index (χ4v) is 2.76. The van der Waals surface area contributed by atoms with Crippen LogP contribution in [-0.4, -0.2) is 14.8 Å². The zero-order valence-corrected chi connectivity index (χ0v) is 14.0. The van der Waals surface area contributed by atoms with E-state index in [1.807, 2.05) is 24.3 Å². The van der Waals surface area contributed by atoms with E-state index >= 15 is 0 Å². The molecule has 0 aliphatic rings. The van der Waals surface area contributed by atoms with Crippen molar-refractivity contribution >= 4 is 0 Å². The van der Waals surface area contributed by atoms with Gasteiger partial charge in [-0.05, 0) is 35.9 Å². The summed E-state index contributed by atoms with van der Waals surface area (Å²) in [6, 6.07) is 13.2. The summed E-state index contributed by atoms with van der Waals surface area (Å²) in [5.41, 5.74) is 1.82. The van der Waals surface area contributed by atoms with Crippen LogP contribution in [0.4, 0.5) is 8.78 Å². The lowest BCUT2D eigenvalue weighted by molar-refractivity contribution is 0.574. The SMILES string of the molecule is O=c1ccc(-c2cc(F)cc(F)c2)nn1Cc1cccc(-c2ncco2)c1. The zero-order chi connectivity index (χ0) is 18.8. The van der Waals surface area contributed by atoms with Gasteiger partial charge >= 0.3 is 0 Å². The van der Waals surface area contributed by atoms with E-state index in [0.717, 1.165) is 17.2 Å². The molecule has 0 saturated carbocycles. The predicted octanol–water partition coefficient (Wildman–Crippen LogP) is 3.89. The Morgan fingerprint density at radius 2 is 1.78 bits per heavy atom. The third-order valence-electron chi connectivity index (χ3n) is 3.96. The van der Waals surface area contributed by atoms with E-state index in [9.17, 15) is 13.6 Å². The van der Waals surface area contributed by atoms with Crippen molar-refractivity contribution in [3.63, 3.8) is 0 Å². The molecule has 2 heterocycles. The molecule has 0 unspecified atom stereocenters. The molecule has 0 radical (unpaired) electrons. The van der Waals surface area contributed by atoms with Gasteiger partial charge in [0.15, 0.2) is 0 Å². The third kappa shape index (κ3) is 3.67. The summed E-state index contributed by atoms with van der Waals surface area (Å²) in [6.45, 7) is 0.193. The van der Waals surface area contributed by atoms with Crippen LogP contribution in [-0.2, 0) is 6.54 Å². The van der Waals surface area contributed by atoms with Crippen molar-refractivity contribution in [2.75, 3.05) is 0 Å². The highest BCUT2D eigenvalue weighted by atomic mass is 19.1. The molecule has 2 aromatic heterocycles. The minimum atomic E-state index is -0.705. The van der Waals surface area contributed by atoms with Crippen molar-refractivity contribution < 1.29 is 13.2 Å². The number of nitrogens with zero attached hydrogens (tertiary/aromatic N) is 3. The maximum Gasteiger partial charge on any atom is 0.267 e. The highest BCUT2D eigenvalue weighted by Crippen LogP contribution is 2.20. The summed E-state index contributed by atoms with van der Waals surface area (Å²) >= 11 is 0. The van der Waals surface area contributed by atoms with E-state index in [0.29, 0.717) is 11.6 Å². The van der Waals surface area contributed by atoms with Crippen LogP contribution >= 0.6 is 0 Å². The van der Waals surface area contributed by atoms with Crippen LogP contribution < -0.4 is 5.56 Å². The second-order valence-electron chi connectivity index (χ2n) is 5.91. The van der Waals surface area contributed by atoms with Crippen LogP contribution in [0.5, 0.6) is 0 Å². The quantitative estimate of drug-likeness (QED) is 0.550. The molecule has 0 saturated heterocycles. The Bertz CT molecular complexity index is 1130. The minimum absolute atomic E-state index is 0.193. The molecule has 4 aromatic rings. The molecule has 134 valence electrons. The van der Waals surface area contributed by atoms with Gasteiger partial charge in [0.1, 0.15) is 17.9 Å². The molecule has 7 heteroatoms. The Morgan fingerprint density at radius 3 is 2.52 bits per heavy atom. The first-order valence-corrected chi connectivity index (χ1v) is 8.12. The number of oxazole rings is 1.